The molecule has 1 heterocycles. The lowest BCUT2D eigenvalue weighted by Crippen LogP contribution is -2.40. The van der Waals surface area contributed by atoms with E-state index in [9.17, 15) is 9.59 Å². The maximum atomic E-state index is 12.6. The lowest BCUT2D eigenvalue weighted by Gasteiger charge is -2.27. The molecule has 2 amide bonds. The smallest absolute Gasteiger partial charge is 0.261 e. The van der Waals surface area contributed by atoms with Gasteiger partial charge in [0.2, 0.25) is 0 Å². The number of imide groups is 1. The molecule has 4 heteroatoms. The van der Waals surface area contributed by atoms with E-state index in [0.29, 0.717) is 28.8 Å². The second kappa shape index (κ2) is 5.20. The molecule has 4 nitrogen and oxygen atoms in total. The van der Waals surface area contributed by atoms with Crippen molar-refractivity contribution in [2.75, 3.05) is 13.7 Å². The Labute approximate surface area is 123 Å². The second-order valence-corrected chi connectivity index (χ2v) is 5.16. The molecule has 21 heavy (non-hydrogen) atoms. The van der Waals surface area contributed by atoms with Crippen LogP contribution in [0.2, 0.25) is 0 Å². The van der Waals surface area contributed by atoms with Gasteiger partial charge in [-0.15, -0.1) is 0 Å². The first-order valence-corrected chi connectivity index (χ1v) is 7.15. The van der Waals surface area contributed by atoms with Crippen LogP contribution >= 0.6 is 0 Å². The molecule has 0 aromatic heterocycles. The summed E-state index contributed by atoms with van der Waals surface area (Å²) in [6.45, 7) is 2.51. The fourth-order valence-electron chi connectivity index (χ4n) is 2.82. The number of hydrogen-bond acceptors (Lipinski definition) is 3. The molecule has 0 bridgehead atoms. The van der Waals surface area contributed by atoms with Crippen LogP contribution in [0.1, 0.15) is 40.5 Å². The van der Waals surface area contributed by atoms with Gasteiger partial charge in [0.15, 0.2) is 0 Å². The lowest BCUT2D eigenvalue weighted by molar-refractivity contribution is 0.0608. The van der Waals surface area contributed by atoms with Crippen LogP contribution < -0.4 is 4.74 Å². The van der Waals surface area contributed by atoms with Crippen molar-refractivity contribution in [3.05, 3.63) is 41.5 Å². The van der Waals surface area contributed by atoms with Crippen molar-refractivity contribution in [3.8, 4) is 5.75 Å². The van der Waals surface area contributed by atoms with E-state index in [1.807, 2.05) is 19.1 Å². The van der Waals surface area contributed by atoms with Gasteiger partial charge < -0.3 is 4.74 Å². The van der Waals surface area contributed by atoms with E-state index in [4.69, 9.17) is 4.74 Å². The molecule has 0 N–H and O–H groups in total. The molecule has 0 radical (unpaired) electrons. The number of amides is 2. The van der Waals surface area contributed by atoms with Crippen molar-refractivity contribution in [1.82, 2.24) is 4.90 Å². The van der Waals surface area contributed by atoms with E-state index in [1.165, 1.54) is 4.90 Å². The Morgan fingerprint density at radius 3 is 2.43 bits per heavy atom. The average Bonchev–Trinajstić information content (AvgIpc) is 2.52. The minimum absolute atomic E-state index is 0.209. The van der Waals surface area contributed by atoms with Crippen LogP contribution in [0.5, 0.6) is 5.75 Å². The first-order valence-electron chi connectivity index (χ1n) is 7.15. The van der Waals surface area contributed by atoms with Gasteiger partial charge in [-0.25, -0.2) is 0 Å². The van der Waals surface area contributed by atoms with Crippen molar-refractivity contribution in [2.24, 2.45) is 0 Å². The second-order valence-electron chi connectivity index (χ2n) is 5.16. The third kappa shape index (κ3) is 1.98. The Morgan fingerprint density at radius 1 is 1.05 bits per heavy atom. The highest BCUT2D eigenvalue weighted by atomic mass is 16.5. The number of benzene rings is 2. The number of methoxy groups -OCH3 is 1. The maximum Gasteiger partial charge on any atom is 0.261 e. The lowest BCUT2D eigenvalue weighted by atomic mass is 9.93. The van der Waals surface area contributed by atoms with Crippen LogP contribution in [-0.4, -0.2) is 30.4 Å². The Hall–Kier alpha value is -2.36. The summed E-state index contributed by atoms with van der Waals surface area (Å²) in [6.07, 6.45) is 1.76. The Kier molecular flexibility index (Phi) is 3.37. The quantitative estimate of drug-likeness (QED) is 0.809. The zero-order valence-corrected chi connectivity index (χ0v) is 12.2. The number of nitrogens with zero attached hydrogens (tertiary/aromatic N) is 1. The number of rotatable bonds is 4. The van der Waals surface area contributed by atoms with E-state index in [2.05, 4.69) is 0 Å². The monoisotopic (exact) mass is 283 g/mol. The highest BCUT2D eigenvalue weighted by molar-refractivity contribution is 6.26. The number of carbonyl (C=O) groups is 2. The molecule has 0 aliphatic carbocycles. The largest absolute Gasteiger partial charge is 0.496 e. The average molecular weight is 283 g/mol. The van der Waals surface area contributed by atoms with E-state index < -0.39 is 0 Å². The molecule has 0 fully saturated rings. The van der Waals surface area contributed by atoms with E-state index in [-0.39, 0.29) is 11.8 Å². The van der Waals surface area contributed by atoms with Gasteiger partial charge in [-0.05, 0) is 24.6 Å². The minimum Gasteiger partial charge on any atom is -0.496 e. The van der Waals surface area contributed by atoms with Crippen molar-refractivity contribution in [3.63, 3.8) is 0 Å². The van der Waals surface area contributed by atoms with Gasteiger partial charge in [-0.3, -0.25) is 14.5 Å². The summed E-state index contributed by atoms with van der Waals surface area (Å²) in [5, 5.41) is 1.52. The van der Waals surface area contributed by atoms with Gasteiger partial charge in [-0.1, -0.05) is 25.5 Å². The SMILES string of the molecule is CCCCN1C(=O)c2cccc3c(OC)ccc(c23)C1=O. The molecule has 0 unspecified atom stereocenters. The molecule has 2 aromatic rings. The van der Waals surface area contributed by atoms with Crippen molar-refractivity contribution in [2.45, 2.75) is 19.8 Å². The minimum atomic E-state index is -0.209. The molecular weight excluding hydrogens is 266 g/mol. The van der Waals surface area contributed by atoms with Crippen molar-refractivity contribution < 1.29 is 14.3 Å². The summed E-state index contributed by atoms with van der Waals surface area (Å²) in [5.41, 5.74) is 1.16. The summed E-state index contributed by atoms with van der Waals surface area (Å²) in [7, 11) is 1.59. The van der Waals surface area contributed by atoms with Crippen LogP contribution in [0.3, 0.4) is 0 Å². The van der Waals surface area contributed by atoms with Crippen molar-refractivity contribution >= 4 is 22.6 Å². The Morgan fingerprint density at radius 2 is 1.76 bits per heavy atom. The molecule has 2 aromatic carbocycles. The third-order valence-electron chi connectivity index (χ3n) is 3.91. The molecule has 0 saturated carbocycles. The third-order valence-corrected chi connectivity index (χ3v) is 3.91. The standard InChI is InChI=1S/C17H17NO3/c1-3-4-10-18-16(19)12-7-5-6-11-14(21-2)9-8-13(15(11)12)17(18)20/h5-9H,3-4,10H2,1-2H3. The Bertz CT molecular complexity index is 714. The number of ether oxygens (including phenoxy) is 1. The zero-order chi connectivity index (χ0) is 15.0. The highest BCUT2D eigenvalue weighted by Gasteiger charge is 2.32. The summed E-state index contributed by atoms with van der Waals surface area (Å²) < 4.78 is 5.33. The number of unbranched alkanes of at least 4 members (excludes halogenated alkanes) is 1. The van der Waals surface area contributed by atoms with Crippen LogP contribution in [0.25, 0.3) is 10.8 Å². The zero-order valence-electron chi connectivity index (χ0n) is 12.2. The van der Waals surface area contributed by atoms with Gasteiger partial charge in [-0.2, -0.15) is 0 Å². The first-order chi connectivity index (χ1) is 10.2. The highest BCUT2D eigenvalue weighted by Crippen LogP contribution is 2.35. The molecule has 0 atom stereocenters. The van der Waals surface area contributed by atoms with Crippen LogP contribution in [0.4, 0.5) is 0 Å². The van der Waals surface area contributed by atoms with Crippen LogP contribution in [0, 0.1) is 0 Å². The predicted molar refractivity (Wildman–Crippen MR) is 80.8 cm³/mol. The summed E-state index contributed by atoms with van der Waals surface area (Å²) in [6, 6.07) is 9.02. The summed E-state index contributed by atoms with van der Waals surface area (Å²) in [5.74, 6) is 0.262. The van der Waals surface area contributed by atoms with E-state index in [1.54, 1.807) is 25.3 Å². The van der Waals surface area contributed by atoms with Gasteiger partial charge in [0, 0.05) is 28.4 Å². The number of carbonyl (C=O) groups excluding carboxylic acids is 2. The normalized spacial score (nSPS) is 13.9. The van der Waals surface area contributed by atoms with Crippen LogP contribution in [-0.2, 0) is 0 Å². The summed E-state index contributed by atoms with van der Waals surface area (Å²) >= 11 is 0. The molecule has 0 saturated heterocycles. The maximum absolute atomic E-state index is 12.6. The molecule has 3 rings (SSSR count). The van der Waals surface area contributed by atoms with Gasteiger partial charge in [0.05, 0.1) is 7.11 Å². The van der Waals surface area contributed by atoms with Gasteiger partial charge >= 0.3 is 0 Å². The Balaban J connectivity index is 2.22. The van der Waals surface area contributed by atoms with E-state index in [0.717, 1.165) is 18.2 Å². The topological polar surface area (TPSA) is 46.6 Å². The molecular formula is C17H17NO3. The van der Waals surface area contributed by atoms with Gasteiger partial charge in [0.1, 0.15) is 5.75 Å². The fourth-order valence-corrected chi connectivity index (χ4v) is 2.82. The number of hydrogen-bond donors (Lipinski definition) is 0. The van der Waals surface area contributed by atoms with Crippen LogP contribution in [0.15, 0.2) is 30.3 Å². The first kappa shape index (κ1) is 13.6. The molecule has 1 aliphatic rings. The van der Waals surface area contributed by atoms with E-state index >= 15 is 0 Å². The predicted octanol–water partition coefficient (Wildman–Crippen LogP) is 3.24. The molecule has 0 spiro atoms. The molecule has 108 valence electrons. The van der Waals surface area contributed by atoms with Gasteiger partial charge in [0.25, 0.3) is 11.8 Å². The van der Waals surface area contributed by atoms with Crippen molar-refractivity contribution in [1.29, 1.82) is 0 Å². The fraction of sp³-hybridized carbons (Fsp3) is 0.294. The summed E-state index contributed by atoms with van der Waals surface area (Å²) in [4.78, 5) is 26.5. The molecule has 1 aliphatic heterocycles.